The van der Waals surface area contributed by atoms with Crippen LogP contribution in [0, 0.1) is 10.1 Å². The van der Waals surface area contributed by atoms with E-state index in [1.807, 2.05) is 18.2 Å². The molecule has 0 saturated carbocycles. The first-order valence-corrected chi connectivity index (χ1v) is 7.06. The maximum absolute atomic E-state index is 12.1. The number of nitrogens with one attached hydrogen (secondary N) is 2. The van der Waals surface area contributed by atoms with Gasteiger partial charge in [-0.25, -0.2) is 0 Å². The molecule has 0 aliphatic carbocycles. The Morgan fingerprint density at radius 1 is 1.33 bits per heavy atom. The summed E-state index contributed by atoms with van der Waals surface area (Å²) in [6.07, 6.45) is 1.80. The van der Waals surface area contributed by atoms with Gasteiger partial charge in [-0.15, -0.1) is 11.3 Å². The first-order valence-electron chi connectivity index (χ1n) is 5.87. The van der Waals surface area contributed by atoms with Crippen LogP contribution < -0.4 is 5.32 Å². The van der Waals surface area contributed by atoms with E-state index in [4.69, 9.17) is 11.6 Å². The molecule has 106 valence electrons. The van der Waals surface area contributed by atoms with Crippen LogP contribution in [0.2, 0.25) is 4.34 Å². The van der Waals surface area contributed by atoms with Gasteiger partial charge in [0.25, 0.3) is 11.6 Å². The number of halogens is 1. The van der Waals surface area contributed by atoms with Gasteiger partial charge in [-0.3, -0.25) is 14.9 Å². The summed E-state index contributed by atoms with van der Waals surface area (Å²) in [6.45, 7) is 0. The second-order valence-corrected chi connectivity index (χ2v) is 5.91. The van der Waals surface area contributed by atoms with E-state index in [0.717, 1.165) is 22.2 Å². The molecule has 1 aromatic carbocycles. The van der Waals surface area contributed by atoms with Gasteiger partial charge < -0.3 is 10.3 Å². The van der Waals surface area contributed by atoms with E-state index in [2.05, 4.69) is 10.3 Å². The van der Waals surface area contributed by atoms with E-state index in [0.29, 0.717) is 5.69 Å². The molecule has 0 aliphatic rings. The maximum atomic E-state index is 12.1. The molecule has 0 fully saturated rings. The number of carbonyl (C=O) groups is 1. The number of thiophene rings is 1. The molecule has 3 aromatic rings. The topological polar surface area (TPSA) is 88.0 Å². The summed E-state index contributed by atoms with van der Waals surface area (Å²) in [5.74, 6) is -0.426. The monoisotopic (exact) mass is 321 g/mol. The highest BCUT2D eigenvalue weighted by atomic mass is 35.5. The van der Waals surface area contributed by atoms with Crippen LogP contribution in [-0.4, -0.2) is 15.8 Å². The quantitative estimate of drug-likeness (QED) is 0.563. The van der Waals surface area contributed by atoms with Crippen LogP contribution in [-0.2, 0) is 0 Å². The minimum Gasteiger partial charge on any atom is -0.361 e. The molecule has 21 heavy (non-hydrogen) atoms. The zero-order valence-electron chi connectivity index (χ0n) is 10.4. The summed E-state index contributed by atoms with van der Waals surface area (Å²) in [5.41, 5.74) is 1.31. The molecule has 2 N–H and O–H groups in total. The van der Waals surface area contributed by atoms with Gasteiger partial charge in [-0.05, 0) is 24.3 Å². The largest absolute Gasteiger partial charge is 0.361 e. The number of hydrogen-bond donors (Lipinski definition) is 2. The molecule has 0 saturated heterocycles. The molecule has 8 heteroatoms. The predicted molar refractivity (Wildman–Crippen MR) is 82.2 cm³/mol. The molecule has 0 unspecified atom stereocenters. The Hall–Kier alpha value is -2.38. The van der Waals surface area contributed by atoms with E-state index in [9.17, 15) is 14.9 Å². The number of nitro groups is 1. The number of anilines is 1. The van der Waals surface area contributed by atoms with Crippen molar-refractivity contribution >= 4 is 51.1 Å². The minimum absolute atomic E-state index is 0.00811. The second-order valence-electron chi connectivity index (χ2n) is 4.26. The van der Waals surface area contributed by atoms with Crippen molar-refractivity contribution in [2.75, 3.05) is 5.32 Å². The van der Waals surface area contributed by atoms with Gasteiger partial charge in [0.05, 0.1) is 4.92 Å². The van der Waals surface area contributed by atoms with E-state index in [1.165, 1.54) is 6.07 Å². The Kier molecular flexibility index (Phi) is 3.36. The fraction of sp³-hybridized carbons (Fsp3) is 0. The zero-order chi connectivity index (χ0) is 15.0. The van der Waals surface area contributed by atoms with E-state index in [-0.39, 0.29) is 14.9 Å². The minimum atomic E-state index is -0.610. The number of aromatic nitrogens is 1. The number of H-pyrrole nitrogens is 1. The lowest BCUT2D eigenvalue weighted by Gasteiger charge is -2.03. The summed E-state index contributed by atoms with van der Waals surface area (Å²) in [5, 5.41) is 14.4. The number of nitrogens with zero attached hydrogens (tertiary/aromatic N) is 1. The Morgan fingerprint density at radius 3 is 2.86 bits per heavy atom. The van der Waals surface area contributed by atoms with Crippen molar-refractivity contribution in [3.8, 4) is 0 Å². The third kappa shape index (κ3) is 2.61. The average molecular weight is 322 g/mol. The molecule has 0 spiro atoms. The van der Waals surface area contributed by atoms with Crippen molar-refractivity contribution in [2.45, 2.75) is 0 Å². The second kappa shape index (κ2) is 5.19. The molecule has 1 amide bonds. The van der Waals surface area contributed by atoms with Gasteiger partial charge in [0.15, 0.2) is 4.34 Å². The maximum Gasteiger partial charge on any atom is 0.299 e. The standard InChI is InChI=1S/C13H8ClN3O3S/c14-12-10(17(19)20)6-11(21-12)13(18)16-8-1-2-9-7(5-8)3-4-15-9/h1-6,15H,(H,16,18). The van der Waals surface area contributed by atoms with Gasteiger partial charge in [0.2, 0.25) is 0 Å². The highest BCUT2D eigenvalue weighted by molar-refractivity contribution is 7.18. The Labute approximate surface area is 127 Å². The van der Waals surface area contributed by atoms with Gasteiger partial charge in [0.1, 0.15) is 4.88 Å². The highest BCUT2D eigenvalue weighted by Gasteiger charge is 2.21. The molecular formula is C13H8ClN3O3S. The van der Waals surface area contributed by atoms with Crippen LogP contribution in [0.5, 0.6) is 0 Å². The highest BCUT2D eigenvalue weighted by Crippen LogP contribution is 2.34. The molecule has 0 radical (unpaired) electrons. The predicted octanol–water partition coefficient (Wildman–Crippen LogP) is 4.04. The van der Waals surface area contributed by atoms with Crippen molar-refractivity contribution in [1.82, 2.24) is 4.98 Å². The van der Waals surface area contributed by atoms with E-state index in [1.54, 1.807) is 12.3 Å². The summed E-state index contributed by atoms with van der Waals surface area (Å²) < 4.78 is -0.00811. The van der Waals surface area contributed by atoms with E-state index < -0.39 is 10.8 Å². The lowest BCUT2D eigenvalue weighted by molar-refractivity contribution is -0.384. The van der Waals surface area contributed by atoms with Crippen molar-refractivity contribution in [1.29, 1.82) is 0 Å². The Morgan fingerprint density at radius 2 is 2.14 bits per heavy atom. The van der Waals surface area contributed by atoms with Gasteiger partial charge in [0, 0.05) is 28.9 Å². The fourth-order valence-electron chi connectivity index (χ4n) is 1.92. The molecule has 0 atom stereocenters. The van der Waals surface area contributed by atoms with Gasteiger partial charge >= 0.3 is 0 Å². The molecule has 0 bridgehead atoms. The molecule has 6 nitrogen and oxygen atoms in total. The van der Waals surface area contributed by atoms with Crippen LogP contribution in [0.25, 0.3) is 10.9 Å². The van der Waals surface area contributed by atoms with Crippen LogP contribution in [0.15, 0.2) is 36.5 Å². The van der Waals surface area contributed by atoms with Crippen molar-refractivity contribution in [2.24, 2.45) is 0 Å². The van der Waals surface area contributed by atoms with Crippen molar-refractivity contribution in [3.05, 3.63) is 55.9 Å². The number of hydrogen-bond acceptors (Lipinski definition) is 4. The first kappa shape index (κ1) is 13.6. The van der Waals surface area contributed by atoms with Gasteiger partial charge in [-0.1, -0.05) is 11.6 Å². The average Bonchev–Trinajstić information content (AvgIpc) is 3.04. The lowest BCUT2D eigenvalue weighted by atomic mass is 10.2. The molecule has 2 heterocycles. The van der Waals surface area contributed by atoms with Crippen LogP contribution in [0.1, 0.15) is 9.67 Å². The summed E-state index contributed by atoms with van der Waals surface area (Å²) >= 11 is 6.62. The first-order chi connectivity index (χ1) is 10.0. The van der Waals surface area contributed by atoms with Crippen molar-refractivity contribution in [3.63, 3.8) is 0 Å². The van der Waals surface area contributed by atoms with Crippen LogP contribution in [0.3, 0.4) is 0 Å². The van der Waals surface area contributed by atoms with Gasteiger partial charge in [-0.2, -0.15) is 0 Å². The third-order valence-electron chi connectivity index (χ3n) is 2.90. The summed E-state index contributed by atoms with van der Waals surface area (Å²) in [4.78, 5) is 25.4. The SMILES string of the molecule is O=C(Nc1ccc2[nH]ccc2c1)c1cc([N+](=O)[O-])c(Cl)s1. The summed E-state index contributed by atoms with van der Waals surface area (Å²) in [7, 11) is 0. The summed E-state index contributed by atoms with van der Waals surface area (Å²) in [6, 6.07) is 8.47. The number of benzene rings is 1. The number of fused-ring (bicyclic) bond motifs is 1. The fourth-order valence-corrected chi connectivity index (χ4v) is 3.04. The molecule has 2 aromatic heterocycles. The van der Waals surface area contributed by atoms with Crippen molar-refractivity contribution < 1.29 is 9.72 Å². The lowest BCUT2D eigenvalue weighted by Crippen LogP contribution is -2.09. The zero-order valence-corrected chi connectivity index (χ0v) is 12.0. The Balaban J connectivity index is 1.85. The van der Waals surface area contributed by atoms with Crippen LogP contribution >= 0.6 is 22.9 Å². The number of rotatable bonds is 3. The number of carbonyl (C=O) groups excluding carboxylic acids is 1. The Bertz CT molecular complexity index is 855. The third-order valence-corrected chi connectivity index (χ3v) is 4.24. The molecule has 0 aliphatic heterocycles. The smallest absolute Gasteiger partial charge is 0.299 e. The number of amides is 1. The van der Waals surface area contributed by atoms with Crippen LogP contribution in [0.4, 0.5) is 11.4 Å². The normalized spacial score (nSPS) is 10.7. The molecule has 3 rings (SSSR count). The molecular weight excluding hydrogens is 314 g/mol. The van der Waals surface area contributed by atoms with E-state index >= 15 is 0 Å². The number of aromatic amines is 1.